The molecule has 0 saturated heterocycles. The molecule has 0 fully saturated rings. The highest BCUT2D eigenvalue weighted by atomic mass is 32.1. The van der Waals surface area contributed by atoms with Gasteiger partial charge in [-0.05, 0) is 68.0 Å². The number of aryl methyl sites for hydroxylation is 1. The number of ether oxygens (including phenoxy) is 2. The second-order valence-corrected chi connectivity index (χ2v) is 9.96. The van der Waals surface area contributed by atoms with Crippen molar-refractivity contribution >= 4 is 23.2 Å². The van der Waals surface area contributed by atoms with Crippen LogP contribution in [0, 0.1) is 6.92 Å². The molecule has 0 aliphatic carbocycles. The highest BCUT2D eigenvalue weighted by Crippen LogP contribution is 2.34. The summed E-state index contributed by atoms with van der Waals surface area (Å²) in [5, 5.41) is 2.07. The van der Waals surface area contributed by atoms with Crippen molar-refractivity contribution in [3.8, 4) is 11.5 Å². The van der Waals surface area contributed by atoms with Gasteiger partial charge in [-0.15, -0.1) is 11.3 Å². The van der Waals surface area contributed by atoms with Crippen molar-refractivity contribution in [3.63, 3.8) is 0 Å². The molecule has 3 aromatic rings. The highest BCUT2D eigenvalue weighted by Gasteiger charge is 2.34. The Morgan fingerprint density at radius 2 is 1.80 bits per heavy atom. The van der Waals surface area contributed by atoms with Crippen LogP contribution >= 0.6 is 11.3 Å². The number of carbonyl (C=O) groups excluding carboxylic acids is 2. The van der Waals surface area contributed by atoms with Crippen LogP contribution in [-0.2, 0) is 11.2 Å². The largest absolute Gasteiger partial charge is 0.496 e. The molecule has 0 spiro atoms. The number of carbonyl (C=O) groups is 2. The third-order valence-corrected chi connectivity index (χ3v) is 7.43. The Labute approximate surface area is 211 Å². The average molecular weight is 493 g/mol. The summed E-state index contributed by atoms with van der Waals surface area (Å²) in [5.41, 5.74) is 2.64. The lowest BCUT2D eigenvalue weighted by atomic mass is 10.00. The van der Waals surface area contributed by atoms with E-state index in [1.165, 1.54) is 4.88 Å². The molecule has 0 bridgehead atoms. The van der Waals surface area contributed by atoms with Gasteiger partial charge in [0.05, 0.1) is 18.7 Å². The van der Waals surface area contributed by atoms with E-state index in [1.807, 2.05) is 56.0 Å². The van der Waals surface area contributed by atoms with Crippen LogP contribution in [0.25, 0.3) is 0 Å². The lowest BCUT2D eigenvalue weighted by Crippen LogP contribution is -2.49. The maximum Gasteiger partial charge on any atom is 0.258 e. The van der Waals surface area contributed by atoms with Gasteiger partial charge in [-0.3, -0.25) is 9.59 Å². The Kier molecular flexibility index (Phi) is 7.76. The van der Waals surface area contributed by atoms with Crippen molar-refractivity contribution in [1.82, 2.24) is 9.80 Å². The zero-order valence-corrected chi connectivity index (χ0v) is 21.5. The van der Waals surface area contributed by atoms with E-state index in [0.717, 1.165) is 23.3 Å². The SMILES string of the molecule is COc1ccccc1C(=O)N(CC(=O)N1CCc2sccc2[C@H]1COc1ccccc1C)C(C)C. The van der Waals surface area contributed by atoms with Gasteiger partial charge in [0.2, 0.25) is 5.91 Å². The van der Waals surface area contributed by atoms with E-state index in [9.17, 15) is 9.59 Å². The van der Waals surface area contributed by atoms with Gasteiger partial charge in [0.1, 0.15) is 24.7 Å². The molecule has 4 rings (SSSR count). The summed E-state index contributed by atoms with van der Waals surface area (Å²) in [7, 11) is 1.54. The maximum absolute atomic E-state index is 13.7. The van der Waals surface area contributed by atoms with Gasteiger partial charge < -0.3 is 19.3 Å². The maximum atomic E-state index is 13.7. The Morgan fingerprint density at radius 1 is 1.09 bits per heavy atom. The molecule has 2 aromatic carbocycles. The first-order valence-corrected chi connectivity index (χ1v) is 12.8. The minimum absolute atomic E-state index is 0.00508. The predicted octanol–water partition coefficient (Wildman–Crippen LogP) is 5.12. The second kappa shape index (κ2) is 11.0. The van der Waals surface area contributed by atoms with Crippen LogP contribution in [0.5, 0.6) is 11.5 Å². The van der Waals surface area contributed by atoms with Crippen molar-refractivity contribution in [2.24, 2.45) is 0 Å². The zero-order chi connectivity index (χ0) is 24.9. The lowest BCUT2D eigenvalue weighted by molar-refractivity contribution is -0.136. The fraction of sp³-hybridized carbons (Fsp3) is 0.357. The summed E-state index contributed by atoms with van der Waals surface area (Å²) in [6.07, 6.45) is 0.807. The van der Waals surface area contributed by atoms with Crippen LogP contribution < -0.4 is 9.47 Å². The minimum atomic E-state index is -0.216. The van der Waals surface area contributed by atoms with Gasteiger partial charge in [0, 0.05) is 17.5 Å². The molecular formula is C28H32N2O4S. The summed E-state index contributed by atoms with van der Waals surface area (Å²) in [4.78, 5) is 31.9. The summed E-state index contributed by atoms with van der Waals surface area (Å²) >= 11 is 1.72. The van der Waals surface area contributed by atoms with Crippen molar-refractivity contribution < 1.29 is 19.1 Å². The Morgan fingerprint density at radius 3 is 2.51 bits per heavy atom. The molecule has 0 radical (unpaired) electrons. The van der Waals surface area contributed by atoms with Crippen LogP contribution in [-0.4, -0.2) is 54.5 Å². The summed E-state index contributed by atoms with van der Waals surface area (Å²) in [6, 6.07) is 16.8. The summed E-state index contributed by atoms with van der Waals surface area (Å²) in [6.45, 7) is 6.82. The van der Waals surface area contributed by atoms with E-state index in [0.29, 0.717) is 24.5 Å². The molecule has 0 N–H and O–H groups in total. The van der Waals surface area contributed by atoms with Gasteiger partial charge in [0.25, 0.3) is 5.91 Å². The normalized spacial score (nSPS) is 15.0. The summed E-state index contributed by atoms with van der Waals surface area (Å²) in [5.74, 6) is 1.02. The number of hydrogen-bond donors (Lipinski definition) is 0. The van der Waals surface area contributed by atoms with Crippen molar-refractivity contribution in [3.05, 3.63) is 81.5 Å². The zero-order valence-electron chi connectivity index (χ0n) is 20.7. The van der Waals surface area contributed by atoms with Crippen LogP contribution in [0.1, 0.15) is 46.3 Å². The Balaban J connectivity index is 1.56. The molecule has 2 amide bonds. The molecule has 1 atom stereocenters. The molecule has 7 heteroatoms. The standard InChI is InChI=1S/C28H32N2O4S/c1-19(2)30(28(32)22-10-6-8-12-25(22)33-4)17-27(31)29-15-13-26-21(14-16-35-26)23(29)18-34-24-11-7-5-9-20(24)3/h5-12,14,16,19,23H,13,15,17-18H2,1-4H3/t23-/m1/s1. The minimum Gasteiger partial charge on any atom is -0.496 e. The topological polar surface area (TPSA) is 59.1 Å². The number of amides is 2. The van der Waals surface area contributed by atoms with Gasteiger partial charge in [-0.2, -0.15) is 0 Å². The number of fused-ring (bicyclic) bond motifs is 1. The molecular weight excluding hydrogens is 460 g/mol. The molecule has 6 nitrogen and oxygen atoms in total. The number of benzene rings is 2. The fourth-order valence-electron chi connectivity index (χ4n) is 4.46. The van der Waals surface area contributed by atoms with Crippen molar-refractivity contribution in [2.75, 3.05) is 26.8 Å². The monoisotopic (exact) mass is 492 g/mol. The van der Waals surface area contributed by atoms with E-state index in [4.69, 9.17) is 9.47 Å². The molecule has 2 heterocycles. The molecule has 1 aromatic heterocycles. The Hall–Kier alpha value is -3.32. The van der Waals surface area contributed by atoms with Crippen molar-refractivity contribution in [1.29, 1.82) is 0 Å². The quantitative estimate of drug-likeness (QED) is 0.438. The van der Waals surface area contributed by atoms with E-state index in [2.05, 4.69) is 11.4 Å². The first-order valence-electron chi connectivity index (χ1n) is 11.9. The van der Waals surface area contributed by atoms with E-state index >= 15 is 0 Å². The fourth-order valence-corrected chi connectivity index (χ4v) is 5.39. The molecule has 35 heavy (non-hydrogen) atoms. The molecule has 184 valence electrons. The number of nitrogens with zero attached hydrogens (tertiary/aromatic N) is 2. The predicted molar refractivity (Wildman–Crippen MR) is 138 cm³/mol. The van der Waals surface area contributed by atoms with Gasteiger partial charge in [0.15, 0.2) is 0 Å². The molecule has 1 aliphatic rings. The highest BCUT2D eigenvalue weighted by molar-refractivity contribution is 7.10. The number of methoxy groups -OCH3 is 1. The summed E-state index contributed by atoms with van der Waals surface area (Å²) < 4.78 is 11.6. The smallest absolute Gasteiger partial charge is 0.258 e. The van der Waals surface area contributed by atoms with Gasteiger partial charge in [-0.1, -0.05) is 30.3 Å². The molecule has 0 saturated carbocycles. The van der Waals surface area contributed by atoms with Crippen LogP contribution in [0.2, 0.25) is 0 Å². The first kappa shape index (κ1) is 24.8. The van der Waals surface area contributed by atoms with Crippen LogP contribution in [0.3, 0.4) is 0 Å². The van der Waals surface area contributed by atoms with Crippen LogP contribution in [0.4, 0.5) is 0 Å². The second-order valence-electron chi connectivity index (χ2n) is 8.96. The third-order valence-electron chi connectivity index (χ3n) is 6.43. The van der Waals surface area contributed by atoms with Gasteiger partial charge >= 0.3 is 0 Å². The van der Waals surface area contributed by atoms with E-state index in [-0.39, 0.29) is 30.4 Å². The average Bonchev–Trinajstić information content (AvgIpc) is 3.35. The molecule has 0 unspecified atom stereocenters. The van der Waals surface area contributed by atoms with E-state index in [1.54, 1.807) is 41.5 Å². The lowest BCUT2D eigenvalue weighted by Gasteiger charge is -2.38. The number of hydrogen-bond acceptors (Lipinski definition) is 5. The van der Waals surface area contributed by atoms with Crippen LogP contribution in [0.15, 0.2) is 60.0 Å². The van der Waals surface area contributed by atoms with Crippen molar-refractivity contribution in [2.45, 2.75) is 39.3 Å². The first-order chi connectivity index (χ1) is 16.9. The van der Waals surface area contributed by atoms with E-state index < -0.39 is 0 Å². The number of rotatable bonds is 8. The number of para-hydroxylation sites is 2. The van der Waals surface area contributed by atoms with Gasteiger partial charge in [-0.25, -0.2) is 0 Å². The molecule has 1 aliphatic heterocycles. The number of thiophene rings is 1. The Bertz CT molecular complexity index is 1190. The third kappa shape index (κ3) is 5.35.